The monoisotopic (exact) mass is 235 g/mol. The molecule has 0 saturated heterocycles. The fourth-order valence-electron chi connectivity index (χ4n) is 2.67. The van der Waals surface area contributed by atoms with E-state index in [9.17, 15) is 5.11 Å². The lowest BCUT2D eigenvalue weighted by atomic mass is 9.66. The molecule has 0 atom stereocenters. The number of ether oxygens (including phenoxy) is 1. The van der Waals surface area contributed by atoms with Gasteiger partial charge in [-0.2, -0.15) is 0 Å². The van der Waals surface area contributed by atoms with Gasteiger partial charge in [0.05, 0.1) is 7.11 Å². The minimum absolute atomic E-state index is 0.0814. The predicted octanol–water partition coefficient (Wildman–Crippen LogP) is 2.41. The van der Waals surface area contributed by atoms with Gasteiger partial charge in [-0.25, -0.2) is 0 Å². The number of nitrogens with zero attached hydrogens (tertiary/aromatic N) is 1. The van der Waals surface area contributed by atoms with Crippen LogP contribution in [0.3, 0.4) is 0 Å². The summed E-state index contributed by atoms with van der Waals surface area (Å²) in [5.41, 5.74) is 3.34. The van der Waals surface area contributed by atoms with Crippen LogP contribution < -0.4 is 4.74 Å². The average molecular weight is 235 g/mol. The summed E-state index contributed by atoms with van der Waals surface area (Å²) in [4.78, 5) is 4.51. The van der Waals surface area contributed by atoms with Crippen molar-refractivity contribution in [3.63, 3.8) is 0 Å². The van der Waals surface area contributed by atoms with Gasteiger partial charge in [-0.1, -0.05) is 6.42 Å². The molecule has 0 bridgehead atoms. The largest absolute Gasteiger partial charge is 0.496 e. The molecule has 1 heterocycles. The second-order valence-electron chi connectivity index (χ2n) is 5.23. The standard InChI is InChI=1S/C14H21NO2/c1-10-8-15-12(11(2)13(10)17-3)7-14(9-16)5-4-6-14/h8,16H,4-7,9H2,1-3H3. The van der Waals surface area contributed by atoms with Crippen LogP contribution in [0.5, 0.6) is 5.75 Å². The van der Waals surface area contributed by atoms with Crippen LogP contribution in [0.4, 0.5) is 0 Å². The Morgan fingerprint density at radius 2 is 2.12 bits per heavy atom. The summed E-state index contributed by atoms with van der Waals surface area (Å²) in [5, 5.41) is 9.51. The molecular formula is C14H21NO2. The first-order chi connectivity index (χ1) is 8.12. The zero-order valence-electron chi connectivity index (χ0n) is 10.9. The lowest BCUT2D eigenvalue weighted by molar-refractivity contribution is 0.0439. The highest BCUT2D eigenvalue weighted by molar-refractivity contribution is 5.41. The Labute approximate surface area is 103 Å². The van der Waals surface area contributed by atoms with Gasteiger partial charge in [0.2, 0.25) is 0 Å². The molecule has 0 radical (unpaired) electrons. The average Bonchev–Trinajstić information content (AvgIpc) is 2.27. The summed E-state index contributed by atoms with van der Waals surface area (Å²) < 4.78 is 5.41. The molecule has 1 saturated carbocycles. The van der Waals surface area contributed by atoms with Crippen LogP contribution in [-0.4, -0.2) is 23.8 Å². The van der Waals surface area contributed by atoms with Gasteiger partial charge in [0.15, 0.2) is 0 Å². The number of rotatable bonds is 4. The molecule has 1 aliphatic carbocycles. The SMILES string of the molecule is COc1c(C)cnc(CC2(CO)CCC2)c1C. The van der Waals surface area contributed by atoms with Crippen molar-refractivity contribution >= 4 is 0 Å². The van der Waals surface area contributed by atoms with E-state index < -0.39 is 0 Å². The maximum absolute atomic E-state index is 9.51. The molecule has 3 heteroatoms. The Morgan fingerprint density at radius 3 is 2.59 bits per heavy atom. The minimum Gasteiger partial charge on any atom is -0.496 e. The van der Waals surface area contributed by atoms with Gasteiger partial charge in [-0.05, 0) is 38.5 Å². The third-order valence-electron chi connectivity index (χ3n) is 4.04. The number of aromatic nitrogens is 1. The Morgan fingerprint density at radius 1 is 1.41 bits per heavy atom. The predicted molar refractivity (Wildman–Crippen MR) is 67.3 cm³/mol. The van der Waals surface area contributed by atoms with Crippen molar-refractivity contribution in [2.24, 2.45) is 5.41 Å². The fraction of sp³-hybridized carbons (Fsp3) is 0.643. The summed E-state index contributed by atoms with van der Waals surface area (Å²) in [6.07, 6.45) is 6.18. The van der Waals surface area contributed by atoms with E-state index in [1.807, 2.05) is 13.1 Å². The fourth-order valence-corrected chi connectivity index (χ4v) is 2.67. The molecule has 1 aromatic rings. The summed E-state index contributed by atoms with van der Waals surface area (Å²) in [6.45, 7) is 4.33. The van der Waals surface area contributed by atoms with Crippen molar-refractivity contribution in [3.05, 3.63) is 23.0 Å². The van der Waals surface area contributed by atoms with Crippen LogP contribution in [0.25, 0.3) is 0 Å². The topological polar surface area (TPSA) is 42.4 Å². The highest BCUT2D eigenvalue weighted by Gasteiger charge is 2.37. The molecule has 1 fully saturated rings. The second-order valence-corrected chi connectivity index (χ2v) is 5.23. The van der Waals surface area contributed by atoms with Gasteiger partial charge in [0.25, 0.3) is 0 Å². The Balaban J connectivity index is 2.27. The van der Waals surface area contributed by atoms with E-state index >= 15 is 0 Å². The van der Waals surface area contributed by atoms with Gasteiger partial charge in [0, 0.05) is 29.6 Å². The third-order valence-corrected chi connectivity index (χ3v) is 4.04. The van der Waals surface area contributed by atoms with Gasteiger partial charge in [-0.15, -0.1) is 0 Å². The normalized spacial score (nSPS) is 17.6. The quantitative estimate of drug-likeness (QED) is 0.871. The van der Waals surface area contributed by atoms with Crippen molar-refractivity contribution in [2.75, 3.05) is 13.7 Å². The number of pyridine rings is 1. The molecule has 0 aliphatic heterocycles. The Hall–Kier alpha value is -1.09. The lowest BCUT2D eigenvalue weighted by Gasteiger charge is -2.40. The number of hydrogen-bond acceptors (Lipinski definition) is 3. The zero-order valence-corrected chi connectivity index (χ0v) is 10.9. The molecule has 94 valence electrons. The van der Waals surface area contributed by atoms with E-state index in [0.29, 0.717) is 0 Å². The third kappa shape index (κ3) is 2.16. The summed E-state index contributed by atoms with van der Waals surface area (Å²) in [5.74, 6) is 0.933. The van der Waals surface area contributed by atoms with Crippen LogP contribution >= 0.6 is 0 Å². The Bertz CT molecular complexity index is 405. The maximum Gasteiger partial charge on any atom is 0.128 e. The lowest BCUT2D eigenvalue weighted by Crippen LogP contribution is -2.36. The molecule has 1 aromatic heterocycles. The molecule has 17 heavy (non-hydrogen) atoms. The maximum atomic E-state index is 9.51. The molecular weight excluding hydrogens is 214 g/mol. The van der Waals surface area contributed by atoms with Crippen molar-refractivity contribution in [1.29, 1.82) is 0 Å². The Kier molecular flexibility index (Phi) is 3.38. The van der Waals surface area contributed by atoms with Crippen LogP contribution in [0, 0.1) is 19.3 Å². The number of methoxy groups -OCH3 is 1. The molecule has 1 N–H and O–H groups in total. The first kappa shape index (κ1) is 12.4. The number of aliphatic hydroxyl groups excluding tert-OH is 1. The van der Waals surface area contributed by atoms with Crippen molar-refractivity contribution < 1.29 is 9.84 Å². The van der Waals surface area contributed by atoms with Crippen LogP contribution in [0.15, 0.2) is 6.20 Å². The van der Waals surface area contributed by atoms with Gasteiger partial charge in [0.1, 0.15) is 5.75 Å². The van der Waals surface area contributed by atoms with Crippen molar-refractivity contribution in [1.82, 2.24) is 4.98 Å². The number of aryl methyl sites for hydroxylation is 1. The highest BCUT2D eigenvalue weighted by Crippen LogP contribution is 2.43. The smallest absolute Gasteiger partial charge is 0.128 e. The molecule has 2 rings (SSSR count). The van der Waals surface area contributed by atoms with Crippen LogP contribution in [0.1, 0.15) is 36.1 Å². The summed E-state index contributed by atoms with van der Waals surface area (Å²) in [7, 11) is 1.70. The van der Waals surface area contributed by atoms with E-state index in [0.717, 1.165) is 41.8 Å². The summed E-state index contributed by atoms with van der Waals surface area (Å²) in [6, 6.07) is 0. The molecule has 3 nitrogen and oxygen atoms in total. The van der Waals surface area contributed by atoms with E-state index in [-0.39, 0.29) is 12.0 Å². The highest BCUT2D eigenvalue weighted by atomic mass is 16.5. The van der Waals surface area contributed by atoms with Gasteiger partial charge < -0.3 is 9.84 Å². The zero-order chi connectivity index (χ0) is 12.5. The van der Waals surface area contributed by atoms with E-state index in [1.54, 1.807) is 7.11 Å². The minimum atomic E-state index is 0.0814. The number of hydrogen-bond donors (Lipinski definition) is 1. The van der Waals surface area contributed by atoms with E-state index in [4.69, 9.17) is 4.74 Å². The first-order valence-electron chi connectivity index (χ1n) is 6.22. The number of aliphatic hydroxyl groups is 1. The first-order valence-corrected chi connectivity index (χ1v) is 6.22. The van der Waals surface area contributed by atoms with Gasteiger partial charge >= 0.3 is 0 Å². The van der Waals surface area contributed by atoms with Crippen molar-refractivity contribution in [3.8, 4) is 5.75 Å². The van der Waals surface area contributed by atoms with Gasteiger partial charge in [-0.3, -0.25) is 4.98 Å². The molecule has 0 aromatic carbocycles. The second kappa shape index (κ2) is 4.65. The molecule has 0 amide bonds. The van der Waals surface area contributed by atoms with Crippen LogP contribution in [0.2, 0.25) is 0 Å². The van der Waals surface area contributed by atoms with E-state index in [2.05, 4.69) is 11.9 Å². The summed E-state index contributed by atoms with van der Waals surface area (Å²) >= 11 is 0. The van der Waals surface area contributed by atoms with E-state index in [1.165, 1.54) is 6.42 Å². The van der Waals surface area contributed by atoms with Crippen LogP contribution in [-0.2, 0) is 6.42 Å². The molecule has 0 spiro atoms. The van der Waals surface area contributed by atoms with Crippen molar-refractivity contribution in [2.45, 2.75) is 39.5 Å². The molecule has 1 aliphatic rings. The molecule has 0 unspecified atom stereocenters.